The first kappa shape index (κ1) is 19.4. The van der Waals surface area contributed by atoms with Crippen LogP contribution in [0.25, 0.3) is 0 Å². The quantitative estimate of drug-likeness (QED) is 0.455. The highest BCUT2D eigenvalue weighted by atomic mass is 28.4. The topological polar surface area (TPSA) is 38.8 Å². The van der Waals surface area contributed by atoms with Crippen molar-refractivity contribution in [3.05, 3.63) is 90.5 Å². The predicted molar refractivity (Wildman–Crippen MR) is 118 cm³/mol. The van der Waals surface area contributed by atoms with Crippen LogP contribution in [0, 0.1) is 0 Å². The Kier molecular flexibility index (Phi) is 5.26. The molecule has 4 rings (SSSR count). The minimum absolute atomic E-state index is 0.000487. The van der Waals surface area contributed by atoms with Crippen molar-refractivity contribution >= 4 is 25.1 Å². The fourth-order valence-corrected chi connectivity index (χ4v) is 5.80. The standard InChI is InChI=1S/C24H25NO3Si/c1-27-20-16-14-19(15-17-20)25-22(18-10-6-4-7-11-18)23(24(25)26)28-29(2,3)21-12-8-5-9-13-21/h4-17,22-23H,1-3H3/t22-,23+/m0/s1. The van der Waals surface area contributed by atoms with Gasteiger partial charge in [-0.1, -0.05) is 60.7 Å². The van der Waals surface area contributed by atoms with Crippen molar-refractivity contribution in [2.24, 2.45) is 0 Å². The number of anilines is 1. The number of carbonyl (C=O) groups excluding carboxylic acids is 1. The maximum Gasteiger partial charge on any atom is 0.258 e. The smallest absolute Gasteiger partial charge is 0.258 e. The molecule has 1 heterocycles. The summed E-state index contributed by atoms with van der Waals surface area (Å²) in [4.78, 5) is 15.0. The van der Waals surface area contributed by atoms with E-state index in [4.69, 9.17) is 9.16 Å². The van der Waals surface area contributed by atoms with Gasteiger partial charge in [0.1, 0.15) is 5.75 Å². The van der Waals surface area contributed by atoms with E-state index in [-0.39, 0.29) is 11.9 Å². The molecule has 148 valence electrons. The highest BCUT2D eigenvalue weighted by Crippen LogP contribution is 2.42. The van der Waals surface area contributed by atoms with Gasteiger partial charge in [-0.3, -0.25) is 9.69 Å². The molecule has 4 nitrogen and oxygen atoms in total. The minimum Gasteiger partial charge on any atom is -0.497 e. The molecule has 5 heteroatoms. The van der Waals surface area contributed by atoms with E-state index in [9.17, 15) is 4.79 Å². The highest BCUT2D eigenvalue weighted by molar-refractivity contribution is 6.84. The Morgan fingerprint density at radius 1 is 0.828 bits per heavy atom. The second-order valence-electron chi connectivity index (χ2n) is 7.68. The Bertz CT molecular complexity index is 974. The van der Waals surface area contributed by atoms with Crippen LogP contribution in [0.3, 0.4) is 0 Å². The number of ether oxygens (including phenoxy) is 1. The first-order valence-electron chi connectivity index (χ1n) is 9.77. The van der Waals surface area contributed by atoms with Crippen molar-refractivity contribution in [2.45, 2.75) is 25.2 Å². The van der Waals surface area contributed by atoms with Crippen LogP contribution in [0.4, 0.5) is 5.69 Å². The zero-order valence-corrected chi connectivity index (χ0v) is 17.9. The van der Waals surface area contributed by atoms with Crippen molar-refractivity contribution in [2.75, 3.05) is 12.0 Å². The third-order valence-corrected chi connectivity index (χ3v) is 7.99. The van der Waals surface area contributed by atoms with Crippen molar-refractivity contribution < 1.29 is 14.0 Å². The fraction of sp³-hybridized carbons (Fsp3) is 0.208. The summed E-state index contributed by atoms with van der Waals surface area (Å²) in [5.74, 6) is 0.768. The van der Waals surface area contributed by atoms with Crippen LogP contribution in [0.2, 0.25) is 13.1 Å². The summed E-state index contributed by atoms with van der Waals surface area (Å²) < 4.78 is 11.8. The monoisotopic (exact) mass is 403 g/mol. The number of β-lactam (4-membered cyclic amide) rings is 1. The number of hydrogen-bond donors (Lipinski definition) is 0. The molecule has 1 saturated heterocycles. The molecule has 0 aliphatic carbocycles. The molecule has 1 aliphatic heterocycles. The van der Waals surface area contributed by atoms with Gasteiger partial charge in [-0.15, -0.1) is 0 Å². The van der Waals surface area contributed by atoms with Crippen molar-refractivity contribution in [1.29, 1.82) is 0 Å². The lowest BCUT2D eigenvalue weighted by Gasteiger charge is -2.49. The van der Waals surface area contributed by atoms with E-state index >= 15 is 0 Å². The van der Waals surface area contributed by atoms with Crippen LogP contribution in [-0.2, 0) is 9.22 Å². The number of amides is 1. The van der Waals surface area contributed by atoms with E-state index in [1.165, 1.54) is 5.19 Å². The molecule has 3 aromatic carbocycles. The summed E-state index contributed by atoms with van der Waals surface area (Å²) >= 11 is 0. The van der Waals surface area contributed by atoms with Gasteiger partial charge in [-0.2, -0.15) is 0 Å². The molecular weight excluding hydrogens is 378 g/mol. The van der Waals surface area contributed by atoms with Crippen molar-refractivity contribution in [1.82, 2.24) is 0 Å². The summed E-state index contributed by atoms with van der Waals surface area (Å²) in [6.45, 7) is 4.29. The van der Waals surface area contributed by atoms with E-state index in [0.29, 0.717) is 0 Å². The third kappa shape index (κ3) is 3.71. The molecule has 0 unspecified atom stereocenters. The van der Waals surface area contributed by atoms with Gasteiger partial charge in [0.15, 0.2) is 6.10 Å². The molecule has 1 fully saturated rings. The third-order valence-electron chi connectivity index (χ3n) is 5.43. The number of carbonyl (C=O) groups is 1. The minimum atomic E-state index is -2.24. The maximum absolute atomic E-state index is 13.2. The molecule has 3 aromatic rings. The number of methoxy groups -OCH3 is 1. The molecule has 29 heavy (non-hydrogen) atoms. The van der Waals surface area contributed by atoms with E-state index in [2.05, 4.69) is 37.4 Å². The van der Waals surface area contributed by atoms with E-state index in [0.717, 1.165) is 17.0 Å². The van der Waals surface area contributed by atoms with Crippen LogP contribution in [0.1, 0.15) is 11.6 Å². The van der Waals surface area contributed by atoms with Crippen LogP contribution in [-0.4, -0.2) is 27.4 Å². The lowest BCUT2D eigenvalue weighted by molar-refractivity contribution is -0.135. The Morgan fingerprint density at radius 3 is 2.00 bits per heavy atom. The average Bonchev–Trinajstić information content (AvgIpc) is 2.77. The molecule has 1 amide bonds. The first-order chi connectivity index (χ1) is 14.0. The SMILES string of the molecule is COc1ccc(N2C(=O)[C@H](O[Si](C)(C)c3ccccc3)[C@@H]2c2ccccc2)cc1. The zero-order chi connectivity index (χ0) is 20.4. The Morgan fingerprint density at radius 2 is 1.41 bits per heavy atom. The molecular formula is C24H25NO3Si. The number of rotatable bonds is 6. The molecule has 0 bridgehead atoms. The number of hydrogen-bond acceptors (Lipinski definition) is 3. The normalized spacial score (nSPS) is 19.0. The van der Waals surface area contributed by atoms with E-state index in [1.54, 1.807) is 7.11 Å². The van der Waals surface area contributed by atoms with Gasteiger partial charge in [0.05, 0.1) is 13.2 Å². The molecule has 0 N–H and O–H groups in total. The van der Waals surface area contributed by atoms with Gasteiger partial charge in [0.25, 0.3) is 5.91 Å². The summed E-state index contributed by atoms with van der Waals surface area (Å²) in [5.41, 5.74) is 1.93. The summed E-state index contributed by atoms with van der Waals surface area (Å²) in [7, 11) is -0.606. The second-order valence-corrected chi connectivity index (χ2v) is 11.5. The van der Waals surface area contributed by atoms with Crippen LogP contribution < -0.4 is 14.8 Å². The van der Waals surface area contributed by atoms with Gasteiger partial charge in [-0.25, -0.2) is 0 Å². The van der Waals surface area contributed by atoms with E-state index in [1.807, 2.05) is 65.6 Å². The number of nitrogens with zero attached hydrogens (tertiary/aromatic N) is 1. The molecule has 0 saturated carbocycles. The lowest BCUT2D eigenvalue weighted by atomic mass is 9.90. The predicted octanol–water partition coefficient (Wildman–Crippen LogP) is 4.28. The van der Waals surface area contributed by atoms with E-state index < -0.39 is 14.4 Å². The van der Waals surface area contributed by atoms with Gasteiger partial charge in [0.2, 0.25) is 8.32 Å². The molecule has 0 spiro atoms. The molecule has 2 atom stereocenters. The second kappa shape index (κ2) is 7.85. The Labute approximate surface area is 172 Å². The molecule has 0 aromatic heterocycles. The van der Waals surface area contributed by atoms with Gasteiger partial charge in [0, 0.05) is 5.69 Å². The zero-order valence-electron chi connectivity index (χ0n) is 16.9. The highest BCUT2D eigenvalue weighted by Gasteiger charge is 2.52. The van der Waals surface area contributed by atoms with Crippen LogP contribution >= 0.6 is 0 Å². The van der Waals surface area contributed by atoms with Gasteiger partial charge < -0.3 is 9.16 Å². The average molecular weight is 404 g/mol. The summed E-state index contributed by atoms with van der Waals surface area (Å²) in [6, 6.07) is 27.8. The fourth-order valence-electron chi connectivity index (χ4n) is 3.81. The van der Waals surface area contributed by atoms with Crippen LogP contribution in [0.5, 0.6) is 5.75 Å². The molecule has 1 aliphatic rings. The van der Waals surface area contributed by atoms with Crippen molar-refractivity contribution in [3.63, 3.8) is 0 Å². The van der Waals surface area contributed by atoms with Gasteiger partial charge >= 0.3 is 0 Å². The van der Waals surface area contributed by atoms with Crippen LogP contribution in [0.15, 0.2) is 84.9 Å². The lowest BCUT2D eigenvalue weighted by Crippen LogP contribution is -2.64. The Balaban J connectivity index is 1.66. The van der Waals surface area contributed by atoms with Gasteiger partial charge in [-0.05, 0) is 48.1 Å². The maximum atomic E-state index is 13.2. The summed E-state index contributed by atoms with van der Waals surface area (Å²) in [5, 5.41) is 1.18. The Hall–Kier alpha value is -2.89. The molecule has 0 radical (unpaired) electrons. The van der Waals surface area contributed by atoms with Crippen molar-refractivity contribution in [3.8, 4) is 5.75 Å². The summed E-state index contributed by atoms with van der Waals surface area (Å²) in [6.07, 6.45) is -0.485. The number of benzene rings is 3. The first-order valence-corrected chi connectivity index (χ1v) is 12.7. The largest absolute Gasteiger partial charge is 0.497 e.